The molecule has 2 aromatic rings. The summed E-state index contributed by atoms with van der Waals surface area (Å²) in [5.74, 6) is -0.782. The summed E-state index contributed by atoms with van der Waals surface area (Å²) in [6.45, 7) is 0. The summed E-state index contributed by atoms with van der Waals surface area (Å²) in [4.78, 5) is 12.3. The fourth-order valence-corrected chi connectivity index (χ4v) is 1.73. The number of methoxy groups -OCH3 is 1. The largest absolute Gasteiger partial charge is 0.508 e. The maximum Gasteiger partial charge on any atom is 0.200 e. The molecule has 2 aromatic carbocycles. The second-order valence-corrected chi connectivity index (χ2v) is 3.92. The summed E-state index contributed by atoms with van der Waals surface area (Å²) in [5.41, 5.74) is 0.144. The number of carbonyl (C=O) groups is 1. The molecule has 98 valence electrons. The molecule has 0 heterocycles. The monoisotopic (exact) mass is 260 g/mol. The SMILES string of the molecule is COc1ccc(O)cc1C(=O)c1ccc(O)cc1O. The first-order chi connectivity index (χ1) is 9.02. The van der Waals surface area contributed by atoms with Gasteiger partial charge in [-0.2, -0.15) is 0 Å². The van der Waals surface area contributed by atoms with Gasteiger partial charge in [0, 0.05) is 6.07 Å². The van der Waals surface area contributed by atoms with Gasteiger partial charge in [-0.25, -0.2) is 0 Å². The highest BCUT2D eigenvalue weighted by molar-refractivity contribution is 6.12. The molecule has 0 aliphatic rings. The normalized spacial score (nSPS) is 10.2. The average molecular weight is 260 g/mol. The van der Waals surface area contributed by atoms with Gasteiger partial charge in [0.25, 0.3) is 0 Å². The van der Waals surface area contributed by atoms with E-state index in [-0.39, 0.29) is 34.1 Å². The Hall–Kier alpha value is -2.69. The van der Waals surface area contributed by atoms with Crippen LogP contribution in [0.4, 0.5) is 0 Å². The first-order valence-electron chi connectivity index (χ1n) is 5.46. The van der Waals surface area contributed by atoms with Crippen molar-refractivity contribution < 1.29 is 24.9 Å². The van der Waals surface area contributed by atoms with E-state index in [4.69, 9.17) is 4.74 Å². The van der Waals surface area contributed by atoms with E-state index in [0.29, 0.717) is 0 Å². The van der Waals surface area contributed by atoms with Crippen LogP contribution in [0.1, 0.15) is 15.9 Å². The summed E-state index contributed by atoms with van der Waals surface area (Å²) in [6.07, 6.45) is 0. The van der Waals surface area contributed by atoms with E-state index in [1.54, 1.807) is 0 Å². The molecule has 19 heavy (non-hydrogen) atoms. The number of ether oxygens (including phenoxy) is 1. The van der Waals surface area contributed by atoms with Crippen molar-refractivity contribution in [2.24, 2.45) is 0 Å². The molecule has 0 saturated heterocycles. The van der Waals surface area contributed by atoms with E-state index in [2.05, 4.69) is 0 Å². The van der Waals surface area contributed by atoms with Crippen LogP contribution < -0.4 is 4.74 Å². The van der Waals surface area contributed by atoms with E-state index < -0.39 is 5.78 Å². The Morgan fingerprint density at radius 1 is 0.947 bits per heavy atom. The van der Waals surface area contributed by atoms with Gasteiger partial charge < -0.3 is 20.1 Å². The fourth-order valence-electron chi connectivity index (χ4n) is 1.73. The third-order valence-electron chi connectivity index (χ3n) is 2.65. The number of carbonyl (C=O) groups excluding carboxylic acids is 1. The number of phenolic OH excluding ortho intramolecular Hbond substituents is 3. The van der Waals surface area contributed by atoms with Crippen LogP contribution in [-0.4, -0.2) is 28.2 Å². The molecule has 0 aliphatic carbocycles. The van der Waals surface area contributed by atoms with Crippen LogP contribution in [0.5, 0.6) is 23.0 Å². The van der Waals surface area contributed by atoms with Crippen molar-refractivity contribution in [1.29, 1.82) is 0 Å². The van der Waals surface area contributed by atoms with Gasteiger partial charge in [0.1, 0.15) is 23.0 Å². The summed E-state index contributed by atoms with van der Waals surface area (Å²) in [6, 6.07) is 7.78. The topological polar surface area (TPSA) is 87.0 Å². The van der Waals surface area contributed by atoms with Gasteiger partial charge in [-0.3, -0.25) is 4.79 Å². The zero-order valence-electron chi connectivity index (χ0n) is 10.1. The Morgan fingerprint density at radius 3 is 2.21 bits per heavy atom. The minimum Gasteiger partial charge on any atom is -0.508 e. The molecular weight excluding hydrogens is 248 g/mol. The number of hydrogen-bond donors (Lipinski definition) is 3. The summed E-state index contributed by atoms with van der Waals surface area (Å²) in [7, 11) is 1.40. The van der Waals surface area contributed by atoms with E-state index in [1.165, 1.54) is 37.4 Å². The van der Waals surface area contributed by atoms with Crippen LogP contribution in [0.15, 0.2) is 36.4 Å². The highest BCUT2D eigenvalue weighted by Gasteiger charge is 2.18. The van der Waals surface area contributed by atoms with E-state index in [1.807, 2.05) is 0 Å². The van der Waals surface area contributed by atoms with Crippen molar-refractivity contribution in [2.45, 2.75) is 0 Å². The molecule has 0 fully saturated rings. The first-order valence-corrected chi connectivity index (χ1v) is 5.46. The third kappa shape index (κ3) is 2.44. The summed E-state index contributed by atoms with van der Waals surface area (Å²) in [5, 5.41) is 28.3. The molecule has 0 amide bonds. The van der Waals surface area contributed by atoms with Crippen LogP contribution in [0.25, 0.3) is 0 Å². The molecule has 3 N–H and O–H groups in total. The molecular formula is C14H12O5. The number of benzene rings is 2. The van der Waals surface area contributed by atoms with Gasteiger partial charge in [-0.15, -0.1) is 0 Å². The number of rotatable bonds is 3. The van der Waals surface area contributed by atoms with Crippen LogP contribution in [0.3, 0.4) is 0 Å². The molecule has 0 atom stereocenters. The number of ketones is 1. The van der Waals surface area contributed by atoms with Crippen LogP contribution in [0, 0.1) is 0 Å². The van der Waals surface area contributed by atoms with Crippen molar-refractivity contribution in [1.82, 2.24) is 0 Å². The van der Waals surface area contributed by atoms with Gasteiger partial charge in [0.15, 0.2) is 0 Å². The van der Waals surface area contributed by atoms with E-state index in [9.17, 15) is 20.1 Å². The standard InChI is InChI=1S/C14H12O5/c1-19-13-5-3-8(15)6-11(13)14(18)10-4-2-9(16)7-12(10)17/h2-7,15-17H,1H3. The number of hydrogen-bond acceptors (Lipinski definition) is 5. The Balaban J connectivity index is 2.52. The Bertz CT molecular complexity index is 634. The van der Waals surface area contributed by atoms with Gasteiger partial charge in [-0.05, 0) is 30.3 Å². The lowest BCUT2D eigenvalue weighted by Crippen LogP contribution is -2.04. The van der Waals surface area contributed by atoms with E-state index in [0.717, 1.165) is 6.07 Å². The predicted octanol–water partition coefficient (Wildman–Crippen LogP) is 2.04. The van der Waals surface area contributed by atoms with Crippen molar-refractivity contribution in [2.75, 3.05) is 7.11 Å². The molecule has 0 bridgehead atoms. The Morgan fingerprint density at radius 2 is 1.58 bits per heavy atom. The molecule has 5 nitrogen and oxygen atoms in total. The fraction of sp³-hybridized carbons (Fsp3) is 0.0714. The minimum atomic E-state index is -0.509. The molecule has 2 rings (SSSR count). The maximum absolute atomic E-state index is 12.3. The zero-order valence-corrected chi connectivity index (χ0v) is 10.1. The van der Waals surface area contributed by atoms with E-state index >= 15 is 0 Å². The molecule has 0 saturated carbocycles. The molecule has 0 aliphatic heterocycles. The van der Waals surface area contributed by atoms with Crippen LogP contribution >= 0.6 is 0 Å². The van der Waals surface area contributed by atoms with Gasteiger partial charge in [-0.1, -0.05) is 0 Å². The Kier molecular flexibility index (Phi) is 3.29. The molecule has 0 spiro atoms. The second-order valence-electron chi connectivity index (χ2n) is 3.92. The maximum atomic E-state index is 12.3. The van der Waals surface area contributed by atoms with Gasteiger partial charge in [0.05, 0.1) is 18.2 Å². The molecule has 0 radical (unpaired) electrons. The lowest BCUT2D eigenvalue weighted by molar-refractivity contribution is 0.103. The second kappa shape index (κ2) is 4.89. The lowest BCUT2D eigenvalue weighted by atomic mass is 10.0. The van der Waals surface area contributed by atoms with Crippen LogP contribution in [0.2, 0.25) is 0 Å². The number of aromatic hydroxyl groups is 3. The van der Waals surface area contributed by atoms with Crippen molar-refractivity contribution >= 4 is 5.78 Å². The van der Waals surface area contributed by atoms with Gasteiger partial charge in [0.2, 0.25) is 5.78 Å². The van der Waals surface area contributed by atoms with Gasteiger partial charge >= 0.3 is 0 Å². The van der Waals surface area contributed by atoms with Crippen molar-refractivity contribution in [3.8, 4) is 23.0 Å². The Labute approximate surface area is 109 Å². The highest BCUT2D eigenvalue weighted by Crippen LogP contribution is 2.30. The van der Waals surface area contributed by atoms with Crippen molar-refractivity contribution in [3.05, 3.63) is 47.5 Å². The van der Waals surface area contributed by atoms with Crippen molar-refractivity contribution in [3.63, 3.8) is 0 Å². The lowest BCUT2D eigenvalue weighted by Gasteiger charge is -2.09. The quantitative estimate of drug-likeness (QED) is 0.735. The highest BCUT2D eigenvalue weighted by atomic mass is 16.5. The molecule has 5 heteroatoms. The molecule has 0 aromatic heterocycles. The summed E-state index contributed by atoms with van der Waals surface area (Å²) < 4.78 is 5.04. The third-order valence-corrected chi connectivity index (χ3v) is 2.65. The predicted molar refractivity (Wildman–Crippen MR) is 67.9 cm³/mol. The minimum absolute atomic E-state index is 0.0155. The first kappa shape index (κ1) is 12.8. The average Bonchev–Trinajstić information content (AvgIpc) is 2.38. The smallest absolute Gasteiger partial charge is 0.200 e. The zero-order chi connectivity index (χ0) is 14.0. The molecule has 0 unspecified atom stereocenters. The number of phenols is 3. The van der Waals surface area contributed by atoms with Crippen LogP contribution in [-0.2, 0) is 0 Å². The summed E-state index contributed by atoms with van der Waals surface area (Å²) >= 11 is 0.